The highest BCUT2D eigenvalue weighted by molar-refractivity contribution is 5.98. The number of nitrogens with zero attached hydrogens (tertiary/aromatic N) is 5. The first-order chi connectivity index (χ1) is 18.5. The smallest absolute Gasteiger partial charge is 0.164 e. The zero-order chi connectivity index (χ0) is 26.4. The van der Waals surface area contributed by atoms with Gasteiger partial charge in [-0.25, -0.2) is 19.0 Å². The first-order valence-electron chi connectivity index (χ1n) is 12.1. The number of rotatable bonds is 5. The molecule has 2 unspecified atom stereocenters. The number of fused-ring (bicyclic) bond motifs is 2. The van der Waals surface area contributed by atoms with Crippen molar-refractivity contribution in [2.24, 2.45) is 0 Å². The molecule has 0 aliphatic carbocycles. The normalized spacial score (nSPS) is 15.7. The van der Waals surface area contributed by atoms with Crippen LogP contribution in [-0.4, -0.2) is 31.0 Å². The number of hydrogen-bond donors (Lipinski definition) is 1. The van der Waals surface area contributed by atoms with Gasteiger partial charge in [-0.15, -0.1) is 0 Å². The molecule has 0 fully saturated rings. The molecule has 2 aromatic carbocycles. The van der Waals surface area contributed by atoms with Gasteiger partial charge in [0.1, 0.15) is 47.5 Å². The van der Waals surface area contributed by atoms with Crippen molar-refractivity contribution in [3.63, 3.8) is 0 Å². The minimum atomic E-state index is -0.664. The fraction of sp³-hybridized carbons (Fsp3) is 0.138. The average Bonchev–Trinajstić information content (AvgIpc) is 3.32. The molecule has 1 aliphatic rings. The second-order valence-corrected chi connectivity index (χ2v) is 9.15. The number of allylic oxidation sites excluding steroid dienone is 2. The number of nitrogens with two attached hydrogens (primary N) is 1. The third-order valence-corrected chi connectivity index (χ3v) is 6.76. The molecule has 0 radical (unpaired) electrons. The van der Waals surface area contributed by atoms with E-state index in [0.717, 1.165) is 17.5 Å². The highest BCUT2D eigenvalue weighted by Gasteiger charge is 2.35. The quantitative estimate of drug-likeness (QED) is 0.324. The van der Waals surface area contributed by atoms with Crippen LogP contribution in [0.2, 0.25) is 0 Å². The van der Waals surface area contributed by atoms with Crippen molar-refractivity contribution in [1.29, 1.82) is 0 Å². The summed E-state index contributed by atoms with van der Waals surface area (Å²) in [6.45, 7) is 3.80. The lowest BCUT2D eigenvalue weighted by Crippen LogP contribution is -2.23. The van der Waals surface area contributed by atoms with Gasteiger partial charge in [0.25, 0.3) is 0 Å². The van der Waals surface area contributed by atoms with Crippen LogP contribution in [0.25, 0.3) is 27.9 Å². The van der Waals surface area contributed by atoms with Gasteiger partial charge in [-0.3, -0.25) is 4.98 Å². The maximum absolute atomic E-state index is 14.4. The molecule has 3 aromatic heterocycles. The van der Waals surface area contributed by atoms with E-state index < -0.39 is 17.8 Å². The number of carbonyl (C=O) groups is 1. The Morgan fingerprint density at radius 3 is 2.68 bits per heavy atom. The number of halogens is 1. The van der Waals surface area contributed by atoms with Gasteiger partial charge in [0.05, 0.1) is 11.3 Å². The Balaban J connectivity index is 1.61. The van der Waals surface area contributed by atoms with Crippen molar-refractivity contribution < 1.29 is 13.9 Å². The van der Waals surface area contributed by atoms with Crippen LogP contribution in [0.15, 0.2) is 78.9 Å². The van der Waals surface area contributed by atoms with Crippen LogP contribution in [0.3, 0.4) is 0 Å². The number of aldehydes is 1. The molecule has 0 spiro atoms. The van der Waals surface area contributed by atoms with E-state index in [1.807, 2.05) is 50.2 Å². The van der Waals surface area contributed by atoms with E-state index in [0.29, 0.717) is 44.9 Å². The number of aromatic nitrogens is 5. The molecule has 0 bridgehead atoms. The minimum Gasteiger partial charge on any atom is -0.459 e. The largest absolute Gasteiger partial charge is 0.459 e. The zero-order valence-electron chi connectivity index (χ0n) is 20.7. The summed E-state index contributed by atoms with van der Waals surface area (Å²) in [4.78, 5) is 25.5. The molecule has 188 valence electrons. The molecule has 8 nitrogen and oxygen atoms in total. The number of benzene rings is 2. The topological polar surface area (TPSA) is 109 Å². The molecule has 6 rings (SSSR count). The number of hydrogen-bond acceptors (Lipinski definition) is 7. The van der Waals surface area contributed by atoms with Gasteiger partial charge in [-0.2, -0.15) is 5.10 Å². The van der Waals surface area contributed by atoms with Crippen LogP contribution < -0.4 is 10.5 Å². The van der Waals surface area contributed by atoms with E-state index in [-0.39, 0.29) is 5.82 Å². The van der Waals surface area contributed by atoms with E-state index in [1.54, 1.807) is 23.0 Å². The summed E-state index contributed by atoms with van der Waals surface area (Å²) in [5.74, 6) is 0.236. The number of para-hydroxylation sites is 1. The molecule has 38 heavy (non-hydrogen) atoms. The minimum absolute atomic E-state index is 0.290. The first kappa shape index (κ1) is 23.5. The summed E-state index contributed by atoms with van der Waals surface area (Å²) in [6.07, 6.45) is 3.96. The Bertz CT molecular complexity index is 1740. The first-order valence-corrected chi connectivity index (χ1v) is 12.1. The Kier molecular flexibility index (Phi) is 5.68. The van der Waals surface area contributed by atoms with Crippen molar-refractivity contribution in [2.45, 2.75) is 25.8 Å². The number of aryl methyl sites for hydroxylation is 1. The van der Waals surface area contributed by atoms with E-state index in [4.69, 9.17) is 15.6 Å². The van der Waals surface area contributed by atoms with Crippen LogP contribution in [0, 0.1) is 12.7 Å². The van der Waals surface area contributed by atoms with Crippen LogP contribution in [0.5, 0.6) is 5.75 Å². The summed E-state index contributed by atoms with van der Waals surface area (Å²) in [5, 5.41) is 5.52. The van der Waals surface area contributed by atoms with Gasteiger partial charge in [-0.05, 0) is 49.7 Å². The van der Waals surface area contributed by atoms with E-state index in [9.17, 15) is 9.18 Å². The molecular weight excluding hydrogens is 483 g/mol. The maximum Gasteiger partial charge on any atom is 0.164 e. The summed E-state index contributed by atoms with van der Waals surface area (Å²) >= 11 is 0. The lowest BCUT2D eigenvalue weighted by atomic mass is 9.83. The number of pyridine rings is 1. The van der Waals surface area contributed by atoms with Crippen molar-refractivity contribution >= 4 is 28.7 Å². The number of ether oxygens (including phenoxy) is 1. The van der Waals surface area contributed by atoms with Crippen molar-refractivity contribution in [1.82, 2.24) is 24.7 Å². The second-order valence-electron chi connectivity index (χ2n) is 9.15. The summed E-state index contributed by atoms with van der Waals surface area (Å²) in [7, 11) is 0. The van der Waals surface area contributed by atoms with E-state index in [2.05, 4.69) is 15.0 Å². The van der Waals surface area contributed by atoms with Crippen molar-refractivity contribution in [2.75, 3.05) is 5.73 Å². The predicted octanol–water partition coefficient (Wildman–Crippen LogP) is 5.27. The lowest BCUT2D eigenvalue weighted by Gasteiger charge is -2.31. The van der Waals surface area contributed by atoms with Gasteiger partial charge in [0.2, 0.25) is 0 Å². The van der Waals surface area contributed by atoms with Crippen LogP contribution in [0.1, 0.15) is 35.7 Å². The molecule has 0 amide bonds. The molecule has 0 saturated heterocycles. The molecular formula is C29H23FN6O2. The fourth-order valence-electron chi connectivity index (χ4n) is 5.01. The highest BCUT2D eigenvalue weighted by atomic mass is 19.1. The Morgan fingerprint density at radius 1 is 1.05 bits per heavy atom. The van der Waals surface area contributed by atoms with Crippen molar-refractivity contribution in [3.8, 4) is 17.0 Å². The van der Waals surface area contributed by atoms with Gasteiger partial charge >= 0.3 is 0 Å². The Hall–Kier alpha value is -4.92. The third kappa shape index (κ3) is 3.80. The molecule has 1 aliphatic heterocycles. The maximum atomic E-state index is 14.4. The third-order valence-electron chi connectivity index (χ3n) is 6.76. The SMILES string of the molecule is Cc1cc(-c2nn(C(C)C3=C(c4cccc(F)c4)C(C=O)c4ccccc4O3)c3ncnc(N)c23)ccn1. The monoisotopic (exact) mass is 506 g/mol. The Morgan fingerprint density at radius 2 is 1.89 bits per heavy atom. The van der Waals surface area contributed by atoms with Gasteiger partial charge in [0.15, 0.2) is 5.65 Å². The molecule has 2 atom stereocenters. The van der Waals surface area contributed by atoms with Gasteiger partial charge < -0.3 is 15.3 Å². The van der Waals surface area contributed by atoms with Crippen LogP contribution >= 0.6 is 0 Å². The molecule has 0 saturated carbocycles. The number of anilines is 1. The summed E-state index contributed by atoms with van der Waals surface area (Å²) in [5.41, 5.74) is 10.9. The Labute approximate surface area is 217 Å². The molecule has 9 heteroatoms. The lowest BCUT2D eigenvalue weighted by molar-refractivity contribution is -0.108. The fourth-order valence-corrected chi connectivity index (χ4v) is 5.01. The van der Waals surface area contributed by atoms with Crippen LogP contribution in [0.4, 0.5) is 10.2 Å². The average molecular weight is 507 g/mol. The van der Waals surface area contributed by atoms with E-state index in [1.165, 1.54) is 18.5 Å². The summed E-state index contributed by atoms with van der Waals surface area (Å²) < 4.78 is 22.5. The van der Waals surface area contributed by atoms with E-state index >= 15 is 0 Å². The second kappa shape index (κ2) is 9.19. The standard InChI is InChI=1S/C29H23FN6O2/c1-16-12-19(10-11-32-16)26-25-28(31)33-15-34-29(25)36(35-26)17(2)27-24(18-6-5-7-20(30)13-18)22(14-37)21-8-3-4-9-23(21)38-27/h3-15,17,22H,1-2H3,(H2,31,33,34). The number of nitrogen functional groups attached to an aromatic ring is 1. The summed E-state index contributed by atoms with van der Waals surface area (Å²) in [6, 6.07) is 16.7. The zero-order valence-corrected chi connectivity index (χ0v) is 20.7. The molecule has 2 N–H and O–H groups in total. The predicted molar refractivity (Wildman–Crippen MR) is 142 cm³/mol. The van der Waals surface area contributed by atoms with Gasteiger partial charge in [-0.1, -0.05) is 30.3 Å². The highest BCUT2D eigenvalue weighted by Crippen LogP contribution is 2.46. The van der Waals surface area contributed by atoms with Crippen molar-refractivity contribution in [3.05, 3.63) is 102 Å². The number of carbonyl (C=O) groups excluding carboxylic acids is 1. The molecule has 4 heterocycles. The van der Waals surface area contributed by atoms with Crippen LogP contribution in [-0.2, 0) is 4.79 Å². The van der Waals surface area contributed by atoms with Gasteiger partial charge in [0, 0.05) is 28.6 Å². The molecule has 5 aromatic rings.